The molecule has 0 saturated heterocycles. The molecule has 0 saturated carbocycles. The largest absolute Gasteiger partial charge is 0.399 e. The van der Waals surface area contributed by atoms with Crippen molar-refractivity contribution >= 4 is 18.1 Å². The second-order valence-corrected chi connectivity index (χ2v) is 6.65. The molecule has 0 bridgehead atoms. The third-order valence-electron chi connectivity index (χ3n) is 3.96. The van der Waals surface area contributed by atoms with Gasteiger partial charge in [-0.05, 0) is 63.5 Å². The molecule has 0 unspecified atom stereocenters. The molecule has 0 aliphatic rings. The summed E-state index contributed by atoms with van der Waals surface area (Å²) in [6.45, 7) is 25.5. The molecule has 0 atom stereocenters. The number of rotatable bonds is 5. The fraction of sp³-hybridized carbons (Fsp3) is 0.333. The lowest BCUT2D eigenvalue weighted by atomic mass is 10.1. The molecule has 0 fully saturated rings. The summed E-state index contributed by atoms with van der Waals surface area (Å²) < 4.78 is 0. The molecule has 1 aromatic carbocycles. The normalized spacial score (nSPS) is 9.76. The predicted molar refractivity (Wildman–Crippen MR) is 169 cm³/mol. The third-order valence-corrected chi connectivity index (χ3v) is 3.96. The SMILES string of the molecule is C/C=C\C.C=C(N)/C(C)=C/C=C\C.CC.CC.CC.Cc1ccc(/C=C/c2ccnc(C(N)=O)c2)cc1. The molecule has 4 heteroatoms. The molecule has 0 spiro atoms. The summed E-state index contributed by atoms with van der Waals surface area (Å²) in [6.07, 6.45) is 15.3. The smallest absolute Gasteiger partial charge is 0.267 e. The van der Waals surface area contributed by atoms with E-state index in [-0.39, 0.29) is 5.69 Å². The van der Waals surface area contributed by atoms with Crippen LogP contribution in [0.3, 0.4) is 0 Å². The van der Waals surface area contributed by atoms with Gasteiger partial charge >= 0.3 is 0 Å². The Morgan fingerprint density at radius 1 is 0.811 bits per heavy atom. The highest BCUT2D eigenvalue weighted by Gasteiger charge is 2.00. The van der Waals surface area contributed by atoms with E-state index < -0.39 is 5.91 Å². The number of aryl methyl sites for hydroxylation is 1. The van der Waals surface area contributed by atoms with Gasteiger partial charge in [0.1, 0.15) is 5.69 Å². The Bertz CT molecular complexity index is 930. The van der Waals surface area contributed by atoms with Crippen LogP contribution in [-0.4, -0.2) is 10.9 Å². The monoisotopic (exact) mass is 507 g/mol. The molecule has 0 aliphatic heterocycles. The Hall–Kier alpha value is -3.66. The summed E-state index contributed by atoms with van der Waals surface area (Å²) in [5, 5.41) is 0. The number of carbonyl (C=O) groups is 1. The first-order chi connectivity index (χ1) is 17.7. The van der Waals surface area contributed by atoms with Crippen molar-refractivity contribution in [3.8, 4) is 0 Å². The van der Waals surface area contributed by atoms with Crippen LogP contribution in [0.1, 0.15) is 96.4 Å². The Labute approximate surface area is 228 Å². The number of aromatic nitrogens is 1. The number of amides is 1. The summed E-state index contributed by atoms with van der Waals surface area (Å²) >= 11 is 0. The molecule has 206 valence electrons. The minimum Gasteiger partial charge on any atom is -0.399 e. The van der Waals surface area contributed by atoms with Gasteiger partial charge in [0.15, 0.2) is 0 Å². The van der Waals surface area contributed by atoms with E-state index in [1.165, 1.54) is 5.56 Å². The van der Waals surface area contributed by atoms with Crippen LogP contribution in [0.2, 0.25) is 0 Å². The highest BCUT2D eigenvalue weighted by molar-refractivity contribution is 5.91. The van der Waals surface area contributed by atoms with Crippen LogP contribution in [0.15, 0.2) is 90.8 Å². The molecule has 1 heterocycles. The summed E-state index contributed by atoms with van der Waals surface area (Å²) in [7, 11) is 0. The van der Waals surface area contributed by atoms with E-state index in [0.717, 1.165) is 16.7 Å². The zero-order chi connectivity index (χ0) is 29.6. The lowest BCUT2D eigenvalue weighted by Gasteiger charge is -1.97. The Kier molecular flexibility index (Phi) is 33.2. The first-order valence-electron chi connectivity index (χ1n) is 13.1. The van der Waals surface area contributed by atoms with Crippen molar-refractivity contribution in [3.05, 3.63) is 113 Å². The van der Waals surface area contributed by atoms with Gasteiger partial charge in [-0.1, -0.05) is 120 Å². The maximum absolute atomic E-state index is 11.0. The Balaban J connectivity index is -0.000000241. The van der Waals surface area contributed by atoms with E-state index in [4.69, 9.17) is 11.5 Å². The number of allylic oxidation sites excluding steroid dienone is 6. The van der Waals surface area contributed by atoms with Gasteiger partial charge in [0.2, 0.25) is 0 Å². The fourth-order valence-electron chi connectivity index (χ4n) is 1.90. The number of primary amides is 1. The van der Waals surface area contributed by atoms with E-state index >= 15 is 0 Å². The highest BCUT2D eigenvalue weighted by Crippen LogP contribution is 2.10. The van der Waals surface area contributed by atoms with Gasteiger partial charge in [0.25, 0.3) is 5.91 Å². The Morgan fingerprint density at radius 2 is 1.30 bits per heavy atom. The minimum atomic E-state index is -0.513. The quantitative estimate of drug-likeness (QED) is 0.312. The van der Waals surface area contributed by atoms with Crippen LogP contribution in [0.4, 0.5) is 0 Å². The van der Waals surface area contributed by atoms with Crippen LogP contribution >= 0.6 is 0 Å². The van der Waals surface area contributed by atoms with E-state index in [1.807, 2.05) is 130 Å². The predicted octanol–water partition coefficient (Wildman–Crippen LogP) is 9.30. The van der Waals surface area contributed by atoms with Crippen LogP contribution in [0.25, 0.3) is 12.2 Å². The molecular weight excluding hydrogens is 454 g/mol. The van der Waals surface area contributed by atoms with Gasteiger partial charge in [-0.2, -0.15) is 0 Å². The first kappa shape index (κ1) is 40.5. The van der Waals surface area contributed by atoms with E-state index in [2.05, 4.69) is 30.6 Å². The summed E-state index contributed by atoms with van der Waals surface area (Å²) in [5.41, 5.74) is 15.7. The standard InChI is InChI=1S/C15H14N2O.C8H13N.C4H8.3C2H6/c1-11-2-4-12(5-3-11)6-7-13-8-9-17-14(10-13)15(16)18;1-4-5-6-7(2)8(3)9;1-3-4-2;3*1-2/h2-10H,1H3,(H2,16,18);4-6H,3,9H2,1-2H3;3-4H,1-2H3;3*1-2H3/b7-6+;5-4-,7-6+;4-3-;;;. The van der Waals surface area contributed by atoms with Gasteiger partial charge in [0, 0.05) is 11.9 Å². The van der Waals surface area contributed by atoms with E-state index in [0.29, 0.717) is 5.70 Å². The van der Waals surface area contributed by atoms with Crippen molar-refractivity contribution in [2.45, 2.75) is 76.2 Å². The van der Waals surface area contributed by atoms with Crippen molar-refractivity contribution in [1.29, 1.82) is 0 Å². The van der Waals surface area contributed by atoms with Gasteiger partial charge in [-0.25, -0.2) is 0 Å². The summed E-state index contributed by atoms with van der Waals surface area (Å²) in [4.78, 5) is 14.9. The molecule has 0 aliphatic carbocycles. The summed E-state index contributed by atoms with van der Waals surface area (Å²) in [6, 6.07) is 11.7. The number of carbonyl (C=O) groups excluding carboxylic acids is 1. The van der Waals surface area contributed by atoms with E-state index in [1.54, 1.807) is 12.3 Å². The summed E-state index contributed by atoms with van der Waals surface area (Å²) in [5.74, 6) is -0.513. The molecule has 2 aromatic rings. The second-order valence-electron chi connectivity index (χ2n) is 6.65. The topological polar surface area (TPSA) is 82.0 Å². The van der Waals surface area contributed by atoms with Gasteiger partial charge in [-0.3, -0.25) is 9.78 Å². The van der Waals surface area contributed by atoms with Crippen molar-refractivity contribution in [2.75, 3.05) is 0 Å². The van der Waals surface area contributed by atoms with Crippen LogP contribution in [0, 0.1) is 6.92 Å². The number of pyridine rings is 1. The molecular formula is C33H53N3O. The average Bonchev–Trinajstić information content (AvgIpc) is 2.95. The van der Waals surface area contributed by atoms with Crippen LogP contribution < -0.4 is 11.5 Å². The van der Waals surface area contributed by atoms with Gasteiger partial charge in [0.05, 0.1) is 0 Å². The van der Waals surface area contributed by atoms with Crippen LogP contribution in [-0.2, 0) is 0 Å². The van der Waals surface area contributed by atoms with Crippen molar-refractivity contribution in [3.63, 3.8) is 0 Å². The minimum absolute atomic E-state index is 0.279. The number of hydrogen-bond donors (Lipinski definition) is 2. The second kappa shape index (κ2) is 30.4. The van der Waals surface area contributed by atoms with Crippen molar-refractivity contribution in [1.82, 2.24) is 4.98 Å². The van der Waals surface area contributed by atoms with Crippen molar-refractivity contribution < 1.29 is 4.79 Å². The maximum atomic E-state index is 11.0. The number of nitrogens with zero attached hydrogens (tertiary/aromatic N) is 1. The number of nitrogens with two attached hydrogens (primary N) is 2. The van der Waals surface area contributed by atoms with Crippen molar-refractivity contribution in [2.24, 2.45) is 11.5 Å². The lowest BCUT2D eigenvalue weighted by Crippen LogP contribution is -2.12. The first-order valence-corrected chi connectivity index (χ1v) is 13.1. The molecule has 1 amide bonds. The third kappa shape index (κ3) is 25.2. The fourth-order valence-corrected chi connectivity index (χ4v) is 1.90. The van der Waals surface area contributed by atoms with Gasteiger partial charge in [-0.15, -0.1) is 0 Å². The van der Waals surface area contributed by atoms with Gasteiger partial charge < -0.3 is 11.5 Å². The molecule has 4 nitrogen and oxygen atoms in total. The number of benzene rings is 1. The van der Waals surface area contributed by atoms with E-state index in [9.17, 15) is 4.79 Å². The zero-order valence-electron chi connectivity index (χ0n) is 25.3. The zero-order valence-corrected chi connectivity index (χ0v) is 25.3. The maximum Gasteiger partial charge on any atom is 0.267 e. The molecule has 0 radical (unpaired) electrons. The molecule has 1 aromatic heterocycles. The lowest BCUT2D eigenvalue weighted by molar-refractivity contribution is 0.0995. The average molecular weight is 508 g/mol. The molecule has 37 heavy (non-hydrogen) atoms. The highest BCUT2D eigenvalue weighted by atomic mass is 16.1. The molecule has 4 N–H and O–H groups in total. The molecule has 2 rings (SSSR count). The Morgan fingerprint density at radius 3 is 1.70 bits per heavy atom. The van der Waals surface area contributed by atoms with Crippen LogP contribution in [0.5, 0.6) is 0 Å². The number of hydrogen-bond acceptors (Lipinski definition) is 3.